The number of hydrogen-bond donors (Lipinski definition) is 2. The molecule has 2 N–H and O–H groups in total. The first-order valence-corrected chi connectivity index (χ1v) is 8.84. The van der Waals surface area contributed by atoms with Crippen LogP contribution in [0.4, 0.5) is 11.4 Å². The van der Waals surface area contributed by atoms with Gasteiger partial charge in [-0.3, -0.25) is 14.6 Å². The van der Waals surface area contributed by atoms with E-state index in [1.54, 1.807) is 6.07 Å². The summed E-state index contributed by atoms with van der Waals surface area (Å²) in [7, 11) is 3.91. The molecule has 1 aromatic carbocycles. The Balaban J connectivity index is 1.99. The van der Waals surface area contributed by atoms with E-state index in [9.17, 15) is 9.59 Å². The van der Waals surface area contributed by atoms with Gasteiger partial charge in [-0.05, 0) is 42.8 Å². The Kier molecular flexibility index (Phi) is 7.14. The molecule has 0 aliphatic carbocycles. The molecule has 6 heteroatoms. The molecule has 0 atom stereocenters. The van der Waals surface area contributed by atoms with Gasteiger partial charge in [-0.25, -0.2) is 0 Å². The zero-order valence-electron chi connectivity index (χ0n) is 15.6. The van der Waals surface area contributed by atoms with Gasteiger partial charge in [0.25, 0.3) is 11.8 Å². The van der Waals surface area contributed by atoms with E-state index in [-0.39, 0.29) is 17.5 Å². The number of nitrogens with zero attached hydrogens (tertiary/aromatic N) is 2. The second-order valence-electron chi connectivity index (χ2n) is 6.29. The number of anilines is 2. The van der Waals surface area contributed by atoms with Crippen LogP contribution in [-0.4, -0.2) is 37.4 Å². The van der Waals surface area contributed by atoms with Crippen molar-refractivity contribution in [1.82, 2.24) is 10.3 Å². The quantitative estimate of drug-likeness (QED) is 0.713. The average Bonchev–Trinajstić information content (AvgIpc) is 2.65. The van der Waals surface area contributed by atoms with Crippen molar-refractivity contribution < 1.29 is 9.59 Å². The van der Waals surface area contributed by atoms with Gasteiger partial charge in [0.05, 0.1) is 0 Å². The van der Waals surface area contributed by atoms with Gasteiger partial charge >= 0.3 is 0 Å². The summed E-state index contributed by atoms with van der Waals surface area (Å²) in [5.41, 5.74) is 2.37. The number of pyridine rings is 1. The molecule has 2 aromatic rings. The summed E-state index contributed by atoms with van der Waals surface area (Å²) in [6.07, 6.45) is 4.61. The van der Waals surface area contributed by atoms with Crippen molar-refractivity contribution >= 4 is 23.2 Å². The van der Waals surface area contributed by atoms with Crippen molar-refractivity contribution in [3.63, 3.8) is 0 Å². The molecule has 0 aliphatic rings. The Morgan fingerprint density at radius 2 is 1.77 bits per heavy atom. The van der Waals surface area contributed by atoms with Gasteiger partial charge in [0.15, 0.2) is 0 Å². The third-order valence-corrected chi connectivity index (χ3v) is 3.96. The zero-order valence-corrected chi connectivity index (χ0v) is 15.6. The lowest BCUT2D eigenvalue weighted by Crippen LogP contribution is -2.25. The highest BCUT2D eigenvalue weighted by atomic mass is 16.2. The van der Waals surface area contributed by atoms with Crippen molar-refractivity contribution in [2.45, 2.75) is 26.2 Å². The van der Waals surface area contributed by atoms with Gasteiger partial charge in [-0.2, -0.15) is 0 Å². The third-order valence-electron chi connectivity index (χ3n) is 3.96. The molecule has 1 heterocycles. The minimum Gasteiger partial charge on any atom is -0.378 e. The molecule has 0 saturated carbocycles. The van der Waals surface area contributed by atoms with Crippen molar-refractivity contribution in [1.29, 1.82) is 0 Å². The van der Waals surface area contributed by atoms with E-state index in [0.717, 1.165) is 24.9 Å². The summed E-state index contributed by atoms with van der Waals surface area (Å²) in [6, 6.07) is 10.6. The van der Waals surface area contributed by atoms with E-state index in [1.165, 1.54) is 12.3 Å². The number of nitrogens with one attached hydrogen (secondary N) is 2. The molecule has 0 fully saturated rings. The van der Waals surface area contributed by atoms with Crippen LogP contribution in [0.15, 0.2) is 42.6 Å². The summed E-state index contributed by atoms with van der Waals surface area (Å²) >= 11 is 0. The second kappa shape index (κ2) is 9.56. The minimum absolute atomic E-state index is 0.187. The molecule has 0 bridgehead atoms. The first-order valence-electron chi connectivity index (χ1n) is 8.84. The van der Waals surface area contributed by atoms with Gasteiger partial charge in [-0.1, -0.05) is 19.8 Å². The van der Waals surface area contributed by atoms with Crippen LogP contribution in [0, 0.1) is 0 Å². The molecular weight excluding hydrogens is 328 g/mol. The Morgan fingerprint density at radius 3 is 2.42 bits per heavy atom. The maximum absolute atomic E-state index is 12.4. The van der Waals surface area contributed by atoms with E-state index < -0.39 is 0 Å². The van der Waals surface area contributed by atoms with Crippen LogP contribution in [0.5, 0.6) is 0 Å². The van der Waals surface area contributed by atoms with Crippen LogP contribution in [0.1, 0.15) is 47.0 Å². The first-order chi connectivity index (χ1) is 12.5. The van der Waals surface area contributed by atoms with Gasteiger partial charge < -0.3 is 15.5 Å². The van der Waals surface area contributed by atoms with Crippen molar-refractivity contribution in [2.75, 3.05) is 30.9 Å². The normalized spacial score (nSPS) is 10.3. The zero-order chi connectivity index (χ0) is 18.9. The number of amides is 2. The Bertz CT molecular complexity index is 742. The van der Waals surface area contributed by atoms with Crippen molar-refractivity contribution in [3.05, 3.63) is 53.9 Å². The van der Waals surface area contributed by atoms with Crippen LogP contribution >= 0.6 is 0 Å². The molecule has 138 valence electrons. The van der Waals surface area contributed by atoms with Crippen LogP contribution < -0.4 is 15.5 Å². The van der Waals surface area contributed by atoms with Crippen LogP contribution in [0.2, 0.25) is 0 Å². The highest BCUT2D eigenvalue weighted by molar-refractivity contribution is 6.04. The fourth-order valence-electron chi connectivity index (χ4n) is 2.41. The van der Waals surface area contributed by atoms with Crippen LogP contribution in [0.25, 0.3) is 0 Å². The Labute approximate surface area is 154 Å². The lowest BCUT2D eigenvalue weighted by Gasteiger charge is -2.13. The first kappa shape index (κ1) is 19.4. The monoisotopic (exact) mass is 354 g/mol. The smallest absolute Gasteiger partial charge is 0.274 e. The molecule has 2 amide bonds. The predicted octanol–water partition coefficient (Wildman–Crippen LogP) is 3.32. The fourth-order valence-corrected chi connectivity index (χ4v) is 2.41. The number of carbonyl (C=O) groups excluding carboxylic acids is 2. The molecular formula is C20H26N4O2. The molecule has 2 rings (SSSR count). The lowest BCUT2D eigenvalue weighted by atomic mass is 10.2. The molecule has 1 aromatic heterocycles. The van der Waals surface area contributed by atoms with Crippen molar-refractivity contribution in [3.8, 4) is 0 Å². The molecule has 0 aliphatic heterocycles. The Hall–Kier alpha value is -2.89. The molecule has 0 saturated heterocycles. The van der Waals surface area contributed by atoms with Crippen molar-refractivity contribution in [2.24, 2.45) is 0 Å². The summed E-state index contributed by atoms with van der Waals surface area (Å²) < 4.78 is 0. The molecule has 0 unspecified atom stereocenters. The van der Waals surface area contributed by atoms with Crippen LogP contribution in [-0.2, 0) is 0 Å². The number of rotatable bonds is 8. The van der Waals surface area contributed by atoms with Gasteiger partial charge in [0.1, 0.15) is 5.69 Å². The van der Waals surface area contributed by atoms with E-state index in [4.69, 9.17) is 0 Å². The average molecular weight is 354 g/mol. The lowest BCUT2D eigenvalue weighted by molar-refractivity contribution is 0.0953. The number of benzene rings is 1. The standard InChI is InChI=1S/C20H26N4O2/c1-4-5-6-12-22-19(25)15-11-13-21-18(14-15)20(26)23-16-7-9-17(10-8-16)24(2)3/h7-11,13-14H,4-6,12H2,1-3H3,(H,22,25)(H,23,26). The maximum atomic E-state index is 12.4. The number of aromatic nitrogens is 1. The fraction of sp³-hybridized carbons (Fsp3) is 0.350. The summed E-state index contributed by atoms with van der Waals surface area (Å²) in [6.45, 7) is 2.75. The van der Waals surface area contributed by atoms with E-state index >= 15 is 0 Å². The number of unbranched alkanes of at least 4 members (excludes halogenated alkanes) is 2. The van der Waals surface area contributed by atoms with Crippen LogP contribution in [0.3, 0.4) is 0 Å². The second-order valence-corrected chi connectivity index (χ2v) is 6.29. The van der Waals surface area contributed by atoms with Gasteiger partial charge in [0.2, 0.25) is 0 Å². The Morgan fingerprint density at radius 1 is 1.04 bits per heavy atom. The molecule has 0 spiro atoms. The van der Waals surface area contributed by atoms with E-state index in [0.29, 0.717) is 17.8 Å². The number of carbonyl (C=O) groups is 2. The predicted molar refractivity (Wildman–Crippen MR) is 105 cm³/mol. The summed E-state index contributed by atoms with van der Waals surface area (Å²) in [4.78, 5) is 30.6. The molecule has 26 heavy (non-hydrogen) atoms. The minimum atomic E-state index is -0.344. The topological polar surface area (TPSA) is 74.3 Å². The third kappa shape index (κ3) is 5.58. The van der Waals surface area contributed by atoms with E-state index in [2.05, 4.69) is 22.5 Å². The highest BCUT2D eigenvalue weighted by Crippen LogP contribution is 2.16. The summed E-state index contributed by atoms with van der Waals surface area (Å²) in [5, 5.41) is 5.66. The largest absolute Gasteiger partial charge is 0.378 e. The van der Waals surface area contributed by atoms with E-state index in [1.807, 2.05) is 43.3 Å². The maximum Gasteiger partial charge on any atom is 0.274 e. The van der Waals surface area contributed by atoms with Gasteiger partial charge in [0, 0.05) is 43.8 Å². The highest BCUT2D eigenvalue weighted by Gasteiger charge is 2.12. The number of hydrogen-bond acceptors (Lipinski definition) is 4. The molecule has 0 radical (unpaired) electrons. The SMILES string of the molecule is CCCCCNC(=O)c1ccnc(C(=O)Nc2ccc(N(C)C)cc2)c1. The van der Waals surface area contributed by atoms with Gasteiger partial charge in [-0.15, -0.1) is 0 Å². The molecule has 6 nitrogen and oxygen atoms in total. The summed E-state index contributed by atoms with van der Waals surface area (Å²) in [5.74, 6) is -0.531.